The van der Waals surface area contributed by atoms with E-state index < -0.39 is 0 Å². The molecule has 1 rings (SSSR count). The summed E-state index contributed by atoms with van der Waals surface area (Å²) in [5.41, 5.74) is 1.10. The highest BCUT2D eigenvalue weighted by atomic mass is 16.5. The Morgan fingerprint density at radius 1 is 1.33 bits per heavy atom. The van der Waals surface area contributed by atoms with Crippen molar-refractivity contribution in [3.05, 3.63) is 48.6 Å². The van der Waals surface area contributed by atoms with Crippen LogP contribution in [-0.2, 0) is 6.54 Å². The van der Waals surface area contributed by atoms with Gasteiger partial charge in [0.15, 0.2) is 0 Å². The smallest absolute Gasteiger partial charge is 0.0554 e. The van der Waals surface area contributed by atoms with Gasteiger partial charge in [0.1, 0.15) is 0 Å². The van der Waals surface area contributed by atoms with Crippen LogP contribution < -0.4 is 0 Å². The second kappa shape index (κ2) is 5.69. The van der Waals surface area contributed by atoms with Crippen LogP contribution in [0.3, 0.4) is 0 Å². The average molecular weight is 205 g/mol. The summed E-state index contributed by atoms with van der Waals surface area (Å²) in [5, 5.41) is 11.2. The van der Waals surface area contributed by atoms with Gasteiger partial charge in [-0.3, -0.25) is 0 Å². The highest BCUT2D eigenvalue weighted by Gasteiger charge is 2.16. The molecule has 1 aromatic rings. The summed E-state index contributed by atoms with van der Waals surface area (Å²) >= 11 is 0. The number of benzene rings is 1. The van der Waals surface area contributed by atoms with E-state index in [-0.39, 0.29) is 6.04 Å². The van der Waals surface area contributed by atoms with Crippen molar-refractivity contribution in [3.63, 3.8) is 0 Å². The van der Waals surface area contributed by atoms with Gasteiger partial charge in [-0.1, -0.05) is 50.3 Å². The Morgan fingerprint density at radius 3 is 2.40 bits per heavy atom. The molecule has 0 fully saturated rings. The maximum absolute atomic E-state index is 9.89. The fourth-order valence-corrected chi connectivity index (χ4v) is 1.61. The van der Waals surface area contributed by atoms with Crippen LogP contribution in [0, 0.1) is 5.92 Å². The van der Waals surface area contributed by atoms with Gasteiger partial charge >= 0.3 is 0 Å². The summed E-state index contributed by atoms with van der Waals surface area (Å²) in [6, 6.07) is 9.93. The molecular formula is C13H19NO. The largest absolute Gasteiger partial charge is 0.313 e. The third-order valence-electron chi connectivity index (χ3n) is 2.46. The zero-order chi connectivity index (χ0) is 11.3. The minimum Gasteiger partial charge on any atom is -0.313 e. The molecule has 0 radical (unpaired) electrons. The van der Waals surface area contributed by atoms with Crippen molar-refractivity contribution >= 4 is 0 Å². The van der Waals surface area contributed by atoms with Crippen LogP contribution in [0.15, 0.2) is 43.0 Å². The molecule has 0 aliphatic heterocycles. The number of nitrogens with zero attached hydrogens (tertiary/aromatic N) is 1. The lowest BCUT2D eigenvalue weighted by Crippen LogP contribution is -2.34. The van der Waals surface area contributed by atoms with Crippen LogP contribution in [0.25, 0.3) is 0 Å². The quantitative estimate of drug-likeness (QED) is 0.590. The van der Waals surface area contributed by atoms with E-state index in [1.54, 1.807) is 6.08 Å². The highest BCUT2D eigenvalue weighted by molar-refractivity contribution is 5.14. The first-order valence-electron chi connectivity index (χ1n) is 5.27. The first-order chi connectivity index (χ1) is 7.15. The van der Waals surface area contributed by atoms with Gasteiger partial charge in [0.2, 0.25) is 0 Å². The van der Waals surface area contributed by atoms with E-state index in [1.807, 2.05) is 30.3 Å². The second-order valence-corrected chi connectivity index (χ2v) is 4.05. The molecule has 1 unspecified atom stereocenters. The molecule has 0 saturated heterocycles. The topological polar surface area (TPSA) is 23.5 Å². The Kier molecular flexibility index (Phi) is 4.53. The Labute approximate surface area is 91.8 Å². The van der Waals surface area contributed by atoms with Crippen LogP contribution in [0.4, 0.5) is 0 Å². The Hall–Kier alpha value is -1.12. The molecule has 0 bridgehead atoms. The number of hydrogen-bond donors (Lipinski definition) is 1. The molecular weight excluding hydrogens is 186 g/mol. The van der Waals surface area contributed by atoms with Gasteiger partial charge < -0.3 is 5.21 Å². The lowest BCUT2D eigenvalue weighted by molar-refractivity contribution is -0.132. The third-order valence-corrected chi connectivity index (χ3v) is 2.46. The van der Waals surface area contributed by atoms with Crippen molar-refractivity contribution < 1.29 is 5.21 Å². The molecule has 1 N–H and O–H groups in total. The molecule has 15 heavy (non-hydrogen) atoms. The zero-order valence-electron chi connectivity index (χ0n) is 9.43. The van der Waals surface area contributed by atoms with Crippen LogP contribution in [-0.4, -0.2) is 16.3 Å². The Balaban J connectivity index is 2.62. The predicted octanol–water partition coefficient (Wildman–Crippen LogP) is 3.09. The minimum atomic E-state index is 0.00482. The molecule has 1 aromatic carbocycles. The molecule has 2 heteroatoms. The van der Waals surface area contributed by atoms with E-state index in [0.29, 0.717) is 12.5 Å². The highest BCUT2D eigenvalue weighted by Crippen LogP contribution is 2.13. The first-order valence-corrected chi connectivity index (χ1v) is 5.27. The van der Waals surface area contributed by atoms with Crippen molar-refractivity contribution in [1.82, 2.24) is 5.06 Å². The van der Waals surface area contributed by atoms with Gasteiger partial charge in [-0.05, 0) is 11.5 Å². The van der Waals surface area contributed by atoms with Gasteiger partial charge in [0, 0.05) is 6.54 Å². The molecule has 82 valence electrons. The normalized spacial score (nSPS) is 13.1. The van der Waals surface area contributed by atoms with E-state index in [2.05, 4.69) is 20.4 Å². The minimum absolute atomic E-state index is 0.00482. The fourth-order valence-electron chi connectivity index (χ4n) is 1.61. The second-order valence-electron chi connectivity index (χ2n) is 4.05. The van der Waals surface area contributed by atoms with Crippen molar-refractivity contribution in [2.75, 3.05) is 0 Å². The average Bonchev–Trinajstić information content (AvgIpc) is 2.19. The van der Waals surface area contributed by atoms with Gasteiger partial charge in [-0.25, -0.2) is 0 Å². The molecule has 0 aliphatic rings. The summed E-state index contributed by atoms with van der Waals surface area (Å²) in [5.74, 6) is 0.358. The van der Waals surface area contributed by atoms with Gasteiger partial charge in [-0.15, -0.1) is 6.58 Å². The summed E-state index contributed by atoms with van der Waals surface area (Å²) in [7, 11) is 0. The lowest BCUT2D eigenvalue weighted by atomic mass is 10.0. The molecule has 1 atom stereocenters. The molecule has 0 heterocycles. The van der Waals surface area contributed by atoms with E-state index in [4.69, 9.17) is 0 Å². The number of hydrogen-bond acceptors (Lipinski definition) is 2. The van der Waals surface area contributed by atoms with Crippen molar-refractivity contribution in [1.29, 1.82) is 0 Å². The molecule has 0 aromatic heterocycles. The maximum atomic E-state index is 9.89. The Morgan fingerprint density at radius 2 is 1.93 bits per heavy atom. The van der Waals surface area contributed by atoms with Gasteiger partial charge in [0.25, 0.3) is 0 Å². The number of hydroxylamine groups is 2. The van der Waals surface area contributed by atoms with E-state index in [1.165, 1.54) is 5.06 Å². The Bertz CT molecular complexity index is 295. The molecule has 0 saturated carbocycles. The van der Waals surface area contributed by atoms with Gasteiger partial charge in [0.05, 0.1) is 6.04 Å². The van der Waals surface area contributed by atoms with Crippen LogP contribution in [0.2, 0.25) is 0 Å². The molecule has 0 amide bonds. The van der Waals surface area contributed by atoms with E-state index in [0.717, 1.165) is 5.56 Å². The molecule has 0 spiro atoms. The monoisotopic (exact) mass is 205 g/mol. The van der Waals surface area contributed by atoms with Crippen molar-refractivity contribution in [3.8, 4) is 0 Å². The van der Waals surface area contributed by atoms with Crippen molar-refractivity contribution in [2.24, 2.45) is 5.92 Å². The van der Waals surface area contributed by atoms with Crippen LogP contribution in [0.1, 0.15) is 19.4 Å². The summed E-state index contributed by atoms with van der Waals surface area (Å²) in [4.78, 5) is 0. The van der Waals surface area contributed by atoms with Gasteiger partial charge in [-0.2, -0.15) is 5.06 Å². The maximum Gasteiger partial charge on any atom is 0.0554 e. The fraction of sp³-hybridized carbons (Fsp3) is 0.385. The summed E-state index contributed by atoms with van der Waals surface area (Å²) in [6.07, 6.45) is 1.79. The lowest BCUT2D eigenvalue weighted by Gasteiger charge is -2.26. The van der Waals surface area contributed by atoms with Crippen LogP contribution in [0.5, 0.6) is 0 Å². The SMILES string of the molecule is C=CC(C(C)C)N(O)Cc1ccccc1. The predicted molar refractivity (Wildman–Crippen MR) is 62.6 cm³/mol. The molecule has 0 aliphatic carbocycles. The summed E-state index contributed by atoms with van der Waals surface area (Å²) < 4.78 is 0. The van der Waals surface area contributed by atoms with E-state index >= 15 is 0 Å². The third kappa shape index (κ3) is 3.50. The standard InChI is InChI=1S/C13H19NO/c1-4-13(11(2)3)14(15)10-12-8-6-5-7-9-12/h4-9,11,13,15H,1,10H2,2-3H3. The molecule has 2 nitrogen and oxygen atoms in total. The zero-order valence-corrected chi connectivity index (χ0v) is 9.43. The van der Waals surface area contributed by atoms with E-state index in [9.17, 15) is 5.21 Å². The van der Waals surface area contributed by atoms with Crippen LogP contribution >= 0.6 is 0 Å². The first kappa shape index (κ1) is 12.0. The number of rotatable bonds is 5. The summed E-state index contributed by atoms with van der Waals surface area (Å²) in [6.45, 7) is 8.42. The van der Waals surface area contributed by atoms with Crippen molar-refractivity contribution in [2.45, 2.75) is 26.4 Å².